The van der Waals surface area contributed by atoms with Gasteiger partial charge in [-0.2, -0.15) is 0 Å². The molecule has 2 aromatic carbocycles. The van der Waals surface area contributed by atoms with E-state index in [1.807, 2.05) is 31.2 Å². The Kier molecular flexibility index (Phi) is 4.66. The highest BCUT2D eigenvalue weighted by Gasteiger charge is 2.34. The summed E-state index contributed by atoms with van der Waals surface area (Å²) < 4.78 is 17.0. The topological polar surface area (TPSA) is 63.5 Å². The second-order valence-corrected chi connectivity index (χ2v) is 7.08. The van der Waals surface area contributed by atoms with Crippen LogP contribution in [0.2, 0.25) is 0 Å². The summed E-state index contributed by atoms with van der Waals surface area (Å²) in [7, 11) is 3.74. The van der Waals surface area contributed by atoms with Gasteiger partial charge in [-0.1, -0.05) is 35.0 Å². The van der Waals surface area contributed by atoms with Gasteiger partial charge in [-0.05, 0) is 37.6 Å². The number of hydrogen-bond acceptors (Lipinski definition) is 6. The molecule has 4 rings (SSSR count). The number of methoxy groups -OCH3 is 1. The molecule has 2 heterocycles. The molecule has 0 saturated carbocycles. The van der Waals surface area contributed by atoms with E-state index in [0.29, 0.717) is 17.9 Å². The molecular weight excluding hydrogens is 344 g/mol. The Labute approximate surface area is 159 Å². The molecule has 0 bridgehead atoms. The molecule has 6 heteroatoms. The first-order valence-corrected chi connectivity index (χ1v) is 9.10. The van der Waals surface area contributed by atoms with Gasteiger partial charge in [-0.25, -0.2) is 0 Å². The van der Waals surface area contributed by atoms with Crippen molar-refractivity contribution in [1.29, 1.82) is 0 Å². The summed E-state index contributed by atoms with van der Waals surface area (Å²) in [6.07, 6.45) is 1.48. The van der Waals surface area contributed by atoms with Gasteiger partial charge < -0.3 is 19.4 Å². The second-order valence-electron chi connectivity index (χ2n) is 7.08. The SMILES string of the molecule is COc1c2c(cc3c1C(CC(=NO)c1ccc(C)cc1)N(C)CC3)OCO2. The third-order valence-corrected chi connectivity index (χ3v) is 5.44. The molecule has 0 spiro atoms. The van der Waals surface area contributed by atoms with Crippen molar-refractivity contribution in [3.63, 3.8) is 0 Å². The number of ether oxygens (including phenoxy) is 3. The van der Waals surface area contributed by atoms with Crippen LogP contribution in [0.1, 0.15) is 34.7 Å². The zero-order chi connectivity index (χ0) is 19.0. The van der Waals surface area contributed by atoms with Crippen molar-refractivity contribution in [2.45, 2.75) is 25.8 Å². The van der Waals surface area contributed by atoms with Gasteiger partial charge in [0.15, 0.2) is 11.5 Å². The summed E-state index contributed by atoms with van der Waals surface area (Å²) in [6.45, 7) is 3.16. The van der Waals surface area contributed by atoms with Crippen LogP contribution in [0.3, 0.4) is 0 Å². The third-order valence-electron chi connectivity index (χ3n) is 5.44. The van der Waals surface area contributed by atoms with Crippen molar-refractivity contribution in [2.75, 3.05) is 27.5 Å². The van der Waals surface area contributed by atoms with E-state index in [1.54, 1.807) is 7.11 Å². The lowest BCUT2D eigenvalue weighted by Gasteiger charge is -2.36. The zero-order valence-electron chi connectivity index (χ0n) is 15.9. The molecule has 0 fully saturated rings. The van der Waals surface area contributed by atoms with Crippen molar-refractivity contribution in [3.05, 3.63) is 52.6 Å². The minimum Gasteiger partial charge on any atom is -0.492 e. The summed E-state index contributed by atoms with van der Waals surface area (Å²) >= 11 is 0. The van der Waals surface area contributed by atoms with E-state index in [1.165, 1.54) is 11.1 Å². The minimum atomic E-state index is 0.0189. The molecule has 0 amide bonds. The van der Waals surface area contributed by atoms with Crippen LogP contribution in [-0.4, -0.2) is 43.3 Å². The first kappa shape index (κ1) is 17.7. The number of rotatable bonds is 4. The van der Waals surface area contributed by atoms with E-state index in [2.05, 4.69) is 23.2 Å². The van der Waals surface area contributed by atoms with Gasteiger partial charge in [-0.3, -0.25) is 4.90 Å². The number of likely N-dealkylation sites (N-methyl/N-ethyl adjacent to an activating group) is 1. The third kappa shape index (κ3) is 3.10. The molecule has 0 saturated heterocycles. The summed E-state index contributed by atoms with van der Waals surface area (Å²) in [5.74, 6) is 2.12. The molecule has 2 aromatic rings. The van der Waals surface area contributed by atoms with E-state index in [9.17, 15) is 5.21 Å². The lowest BCUT2D eigenvalue weighted by Crippen LogP contribution is -2.34. The number of fused-ring (bicyclic) bond motifs is 2. The van der Waals surface area contributed by atoms with Gasteiger partial charge in [0.2, 0.25) is 12.5 Å². The number of hydrogen-bond donors (Lipinski definition) is 1. The zero-order valence-corrected chi connectivity index (χ0v) is 15.9. The highest BCUT2D eigenvalue weighted by molar-refractivity contribution is 6.00. The van der Waals surface area contributed by atoms with Crippen LogP contribution in [-0.2, 0) is 6.42 Å². The van der Waals surface area contributed by atoms with Crippen LogP contribution in [0, 0.1) is 6.92 Å². The van der Waals surface area contributed by atoms with Crippen LogP contribution in [0.25, 0.3) is 0 Å². The van der Waals surface area contributed by atoms with Crippen molar-refractivity contribution in [3.8, 4) is 17.2 Å². The fourth-order valence-corrected chi connectivity index (χ4v) is 3.93. The molecule has 6 nitrogen and oxygen atoms in total. The monoisotopic (exact) mass is 368 g/mol. The molecule has 0 aromatic heterocycles. The van der Waals surface area contributed by atoms with Crippen LogP contribution < -0.4 is 14.2 Å². The molecule has 2 aliphatic heterocycles. The normalized spacial score (nSPS) is 19.1. The maximum atomic E-state index is 9.69. The van der Waals surface area contributed by atoms with Crippen LogP contribution in [0.5, 0.6) is 17.2 Å². The second kappa shape index (κ2) is 7.12. The summed E-state index contributed by atoms with van der Waals surface area (Å²) in [6, 6.07) is 10.1. The standard InChI is InChI=1S/C21H24N2O4/c1-13-4-6-14(7-5-13)16(22-24)11-17-19-15(8-9-23(17)2)10-18-20(21(19)25-3)27-12-26-18/h4-7,10,17,24H,8-9,11-12H2,1-3H3. The molecule has 1 unspecified atom stereocenters. The fourth-order valence-electron chi connectivity index (χ4n) is 3.93. The van der Waals surface area contributed by atoms with Crippen LogP contribution in [0.4, 0.5) is 0 Å². The van der Waals surface area contributed by atoms with Crippen molar-refractivity contribution in [2.24, 2.45) is 5.16 Å². The Balaban J connectivity index is 1.75. The molecule has 1 atom stereocenters. The quantitative estimate of drug-likeness (QED) is 0.508. The molecule has 142 valence electrons. The summed E-state index contributed by atoms with van der Waals surface area (Å²) in [5, 5.41) is 13.3. The number of oxime groups is 1. The van der Waals surface area contributed by atoms with Gasteiger partial charge in [0.05, 0.1) is 12.8 Å². The van der Waals surface area contributed by atoms with E-state index in [4.69, 9.17) is 14.2 Å². The first-order valence-electron chi connectivity index (χ1n) is 9.10. The average molecular weight is 368 g/mol. The molecule has 0 aliphatic carbocycles. The van der Waals surface area contributed by atoms with Crippen LogP contribution in [0.15, 0.2) is 35.5 Å². The minimum absolute atomic E-state index is 0.0189. The highest BCUT2D eigenvalue weighted by atomic mass is 16.7. The summed E-state index contributed by atoms with van der Waals surface area (Å²) in [5.41, 5.74) is 5.03. The maximum Gasteiger partial charge on any atom is 0.231 e. The van der Waals surface area contributed by atoms with Gasteiger partial charge in [0.25, 0.3) is 0 Å². The Morgan fingerprint density at radius 2 is 2.07 bits per heavy atom. The van der Waals surface area contributed by atoms with Crippen molar-refractivity contribution >= 4 is 5.71 Å². The largest absolute Gasteiger partial charge is 0.492 e. The predicted octanol–water partition coefficient (Wildman–Crippen LogP) is 3.53. The lowest BCUT2D eigenvalue weighted by atomic mass is 9.87. The van der Waals surface area contributed by atoms with E-state index < -0.39 is 0 Å². The summed E-state index contributed by atoms with van der Waals surface area (Å²) in [4.78, 5) is 2.27. The van der Waals surface area contributed by atoms with Gasteiger partial charge >= 0.3 is 0 Å². The van der Waals surface area contributed by atoms with Crippen molar-refractivity contribution in [1.82, 2.24) is 4.90 Å². The van der Waals surface area contributed by atoms with Gasteiger partial charge in [0.1, 0.15) is 0 Å². The van der Waals surface area contributed by atoms with Crippen molar-refractivity contribution < 1.29 is 19.4 Å². The van der Waals surface area contributed by atoms with Gasteiger partial charge in [0, 0.05) is 24.6 Å². The molecule has 0 radical (unpaired) electrons. The Bertz CT molecular complexity index is 877. The molecule has 2 aliphatic rings. The highest BCUT2D eigenvalue weighted by Crippen LogP contribution is 2.50. The molecular formula is C21H24N2O4. The lowest BCUT2D eigenvalue weighted by molar-refractivity contribution is 0.170. The smallest absolute Gasteiger partial charge is 0.231 e. The number of benzene rings is 2. The first-order chi connectivity index (χ1) is 13.1. The average Bonchev–Trinajstić information content (AvgIpc) is 3.15. The number of nitrogens with zero attached hydrogens (tertiary/aromatic N) is 2. The van der Waals surface area contributed by atoms with Gasteiger partial charge in [-0.15, -0.1) is 0 Å². The Morgan fingerprint density at radius 1 is 1.30 bits per heavy atom. The maximum absolute atomic E-state index is 9.69. The Morgan fingerprint density at radius 3 is 2.78 bits per heavy atom. The predicted molar refractivity (Wildman–Crippen MR) is 102 cm³/mol. The van der Waals surface area contributed by atoms with E-state index in [0.717, 1.165) is 35.6 Å². The van der Waals surface area contributed by atoms with E-state index >= 15 is 0 Å². The molecule has 1 N–H and O–H groups in total. The van der Waals surface area contributed by atoms with E-state index in [-0.39, 0.29) is 12.8 Å². The Hall–Kier alpha value is -2.73. The number of aryl methyl sites for hydroxylation is 1. The fraction of sp³-hybridized carbons (Fsp3) is 0.381. The molecule has 27 heavy (non-hydrogen) atoms. The van der Waals surface area contributed by atoms with Crippen LogP contribution >= 0.6 is 0 Å².